The molecule has 0 spiro atoms. The molecule has 0 radical (unpaired) electrons. The van der Waals surface area contributed by atoms with Gasteiger partial charge in [-0.1, -0.05) is 30.3 Å². The number of benzene rings is 1. The van der Waals surface area contributed by atoms with Crippen molar-refractivity contribution in [2.24, 2.45) is 0 Å². The standard InChI is InChI=1S/C18H22N2O3/c1-3-20(4-2)18(22)15(13-14-9-6-5-7-10-14)19-17(21)16-11-8-12-23-16/h5-12,15H,3-4,13H2,1-2H3,(H,19,21). The Hall–Kier alpha value is -2.56. The summed E-state index contributed by atoms with van der Waals surface area (Å²) in [4.78, 5) is 26.6. The summed E-state index contributed by atoms with van der Waals surface area (Å²) >= 11 is 0. The lowest BCUT2D eigenvalue weighted by atomic mass is 10.0. The third kappa shape index (κ3) is 4.45. The minimum absolute atomic E-state index is 0.0845. The molecule has 0 saturated carbocycles. The number of amides is 2. The molecule has 2 amide bonds. The van der Waals surface area contributed by atoms with Gasteiger partial charge in [-0.05, 0) is 31.5 Å². The van der Waals surface area contributed by atoms with Gasteiger partial charge in [0.1, 0.15) is 6.04 Å². The van der Waals surface area contributed by atoms with Crippen LogP contribution in [0, 0.1) is 0 Å². The lowest BCUT2D eigenvalue weighted by molar-refractivity contribution is -0.132. The van der Waals surface area contributed by atoms with Gasteiger partial charge < -0.3 is 14.6 Å². The molecular weight excluding hydrogens is 292 g/mol. The molecule has 122 valence electrons. The van der Waals surface area contributed by atoms with Crippen molar-refractivity contribution >= 4 is 11.8 Å². The van der Waals surface area contributed by atoms with Gasteiger partial charge in [0, 0.05) is 19.5 Å². The van der Waals surface area contributed by atoms with E-state index in [0.29, 0.717) is 19.5 Å². The summed E-state index contributed by atoms with van der Waals surface area (Å²) in [6.45, 7) is 5.07. The van der Waals surface area contributed by atoms with Crippen molar-refractivity contribution in [1.82, 2.24) is 10.2 Å². The van der Waals surface area contributed by atoms with Crippen LogP contribution < -0.4 is 5.32 Å². The fourth-order valence-corrected chi connectivity index (χ4v) is 2.44. The van der Waals surface area contributed by atoms with Crippen molar-refractivity contribution < 1.29 is 14.0 Å². The largest absolute Gasteiger partial charge is 0.459 e. The van der Waals surface area contributed by atoms with Crippen LogP contribution in [0.1, 0.15) is 30.0 Å². The average Bonchev–Trinajstić information content (AvgIpc) is 3.11. The van der Waals surface area contributed by atoms with Crippen molar-refractivity contribution in [2.45, 2.75) is 26.3 Å². The Bertz CT molecular complexity index is 619. The molecule has 1 aromatic heterocycles. The van der Waals surface area contributed by atoms with Crippen LogP contribution in [-0.4, -0.2) is 35.8 Å². The van der Waals surface area contributed by atoms with Crippen molar-refractivity contribution in [3.05, 3.63) is 60.1 Å². The molecule has 1 atom stereocenters. The monoisotopic (exact) mass is 314 g/mol. The van der Waals surface area contributed by atoms with Crippen molar-refractivity contribution in [3.63, 3.8) is 0 Å². The maximum absolute atomic E-state index is 12.7. The van der Waals surface area contributed by atoms with Gasteiger partial charge in [0.2, 0.25) is 5.91 Å². The number of hydrogen-bond donors (Lipinski definition) is 1. The molecule has 0 saturated heterocycles. The Morgan fingerprint density at radius 1 is 1.09 bits per heavy atom. The molecule has 0 bridgehead atoms. The normalized spacial score (nSPS) is 11.7. The first-order valence-corrected chi connectivity index (χ1v) is 7.82. The number of likely N-dealkylation sites (N-methyl/N-ethyl adjacent to an activating group) is 1. The van der Waals surface area contributed by atoms with Crippen LogP contribution in [-0.2, 0) is 11.2 Å². The minimum Gasteiger partial charge on any atom is -0.459 e. The predicted octanol–water partition coefficient (Wildman–Crippen LogP) is 2.49. The number of nitrogens with zero attached hydrogens (tertiary/aromatic N) is 1. The van der Waals surface area contributed by atoms with Crippen LogP contribution in [0.4, 0.5) is 0 Å². The van der Waals surface area contributed by atoms with Gasteiger partial charge >= 0.3 is 0 Å². The summed E-state index contributed by atoms with van der Waals surface area (Å²) in [6, 6.07) is 12.3. The molecule has 0 fully saturated rings. The van der Waals surface area contributed by atoms with E-state index >= 15 is 0 Å². The second-order valence-electron chi connectivity index (χ2n) is 5.20. The van der Waals surface area contributed by atoms with E-state index in [4.69, 9.17) is 4.42 Å². The topological polar surface area (TPSA) is 62.6 Å². The van der Waals surface area contributed by atoms with Gasteiger partial charge in [0.05, 0.1) is 6.26 Å². The van der Waals surface area contributed by atoms with Crippen molar-refractivity contribution in [1.29, 1.82) is 0 Å². The van der Waals surface area contributed by atoms with E-state index in [9.17, 15) is 9.59 Å². The summed E-state index contributed by atoms with van der Waals surface area (Å²) in [5.41, 5.74) is 0.998. The molecule has 0 aliphatic carbocycles. The molecule has 1 N–H and O–H groups in total. The lowest BCUT2D eigenvalue weighted by Crippen LogP contribution is -2.49. The van der Waals surface area contributed by atoms with Gasteiger partial charge in [-0.25, -0.2) is 0 Å². The molecule has 5 heteroatoms. The SMILES string of the molecule is CCN(CC)C(=O)C(Cc1ccccc1)NC(=O)c1ccco1. The zero-order valence-corrected chi connectivity index (χ0v) is 13.5. The Kier molecular flexibility index (Phi) is 5.97. The highest BCUT2D eigenvalue weighted by atomic mass is 16.3. The zero-order valence-electron chi connectivity index (χ0n) is 13.5. The fraction of sp³-hybridized carbons (Fsp3) is 0.333. The summed E-state index contributed by atoms with van der Waals surface area (Å²) in [7, 11) is 0. The highest BCUT2D eigenvalue weighted by Crippen LogP contribution is 2.08. The van der Waals surface area contributed by atoms with Gasteiger partial charge in [-0.15, -0.1) is 0 Å². The van der Waals surface area contributed by atoms with E-state index < -0.39 is 6.04 Å². The maximum atomic E-state index is 12.7. The van der Waals surface area contributed by atoms with Crippen LogP contribution in [0.2, 0.25) is 0 Å². The van der Waals surface area contributed by atoms with E-state index in [2.05, 4.69) is 5.32 Å². The van der Waals surface area contributed by atoms with Crippen molar-refractivity contribution in [3.8, 4) is 0 Å². The summed E-state index contributed by atoms with van der Waals surface area (Å²) in [5, 5.41) is 2.79. The molecule has 0 aliphatic rings. The van der Waals surface area contributed by atoms with Crippen LogP contribution >= 0.6 is 0 Å². The minimum atomic E-state index is -0.616. The molecule has 1 aromatic carbocycles. The smallest absolute Gasteiger partial charge is 0.287 e. The number of hydrogen-bond acceptors (Lipinski definition) is 3. The molecule has 23 heavy (non-hydrogen) atoms. The van der Waals surface area contributed by atoms with Crippen LogP contribution in [0.25, 0.3) is 0 Å². The number of nitrogens with one attached hydrogen (secondary N) is 1. The van der Waals surface area contributed by atoms with Gasteiger partial charge in [0.25, 0.3) is 5.91 Å². The van der Waals surface area contributed by atoms with E-state index in [1.54, 1.807) is 17.0 Å². The molecule has 1 unspecified atom stereocenters. The first-order valence-electron chi connectivity index (χ1n) is 7.82. The van der Waals surface area contributed by atoms with Gasteiger partial charge in [0.15, 0.2) is 5.76 Å². The van der Waals surface area contributed by atoms with Gasteiger partial charge in [-0.3, -0.25) is 9.59 Å². The molecule has 0 aliphatic heterocycles. The Labute approximate surface area is 136 Å². The second kappa shape index (κ2) is 8.17. The number of rotatable bonds is 7. The Morgan fingerprint density at radius 2 is 1.78 bits per heavy atom. The molecule has 2 aromatic rings. The van der Waals surface area contributed by atoms with Gasteiger partial charge in [-0.2, -0.15) is 0 Å². The fourth-order valence-electron chi connectivity index (χ4n) is 2.44. The van der Waals surface area contributed by atoms with E-state index in [0.717, 1.165) is 5.56 Å². The van der Waals surface area contributed by atoms with Crippen molar-refractivity contribution in [2.75, 3.05) is 13.1 Å². The van der Waals surface area contributed by atoms with E-state index in [-0.39, 0.29) is 17.6 Å². The maximum Gasteiger partial charge on any atom is 0.287 e. The van der Waals surface area contributed by atoms with E-state index in [1.807, 2.05) is 44.2 Å². The first kappa shape index (κ1) is 16.8. The summed E-state index contributed by atoms with van der Waals surface area (Å²) in [6.07, 6.45) is 1.88. The first-order chi connectivity index (χ1) is 11.2. The Balaban J connectivity index is 2.16. The molecule has 2 rings (SSSR count). The van der Waals surface area contributed by atoms with Crippen LogP contribution in [0.3, 0.4) is 0 Å². The summed E-state index contributed by atoms with van der Waals surface area (Å²) in [5.74, 6) is -0.259. The molecular formula is C18H22N2O3. The van der Waals surface area contributed by atoms with Crippen LogP contribution in [0.15, 0.2) is 53.1 Å². The number of furan rings is 1. The highest BCUT2D eigenvalue weighted by Gasteiger charge is 2.26. The molecule has 5 nitrogen and oxygen atoms in total. The number of carbonyl (C=O) groups excluding carboxylic acids is 2. The third-order valence-electron chi connectivity index (χ3n) is 3.71. The quantitative estimate of drug-likeness (QED) is 0.854. The second-order valence-corrected chi connectivity index (χ2v) is 5.20. The average molecular weight is 314 g/mol. The van der Waals surface area contributed by atoms with Crippen LogP contribution in [0.5, 0.6) is 0 Å². The number of carbonyl (C=O) groups is 2. The van der Waals surface area contributed by atoms with E-state index in [1.165, 1.54) is 6.26 Å². The predicted molar refractivity (Wildman–Crippen MR) is 88.0 cm³/mol. The molecule has 1 heterocycles. The highest BCUT2D eigenvalue weighted by molar-refractivity contribution is 5.95. The lowest BCUT2D eigenvalue weighted by Gasteiger charge is -2.25. The summed E-state index contributed by atoms with van der Waals surface area (Å²) < 4.78 is 5.10. The zero-order chi connectivity index (χ0) is 16.7. The third-order valence-corrected chi connectivity index (χ3v) is 3.71. The Morgan fingerprint density at radius 3 is 2.35 bits per heavy atom.